The summed E-state index contributed by atoms with van der Waals surface area (Å²) in [4.78, 5) is 29.5. The van der Waals surface area contributed by atoms with Crippen LogP contribution in [-0.4, -0.2) is 68.8 Å². The summed E-state index contributed by atoms with van der Waals surface area (Å²) in [5.41, 5.74) is -0.773. The molecule has 3 heterocycles. The minimum atomic E-state index is -5.95. The van der Waals surface area contributed by atoms with Crippen LogP contribution in [0.5, 0.6) is 0 Å². The molecule has 0 saturated carbocycles. The zero-order valence-electron chi connectivity index (χ0n) is 23.9. The van der Waals surface area contributed by atoms with Crippen LogP contribution in [0.2, 0.25) is 5.02 Å². The predicted molar refractivity (Wildman–Crippen MR) is 147 cm³/mol. The quantitative estimate of drug-likeness (QED) is 0.151. The maximum atomic E-state index is 13.7. The number of rotatable bonds is 9. The van der Waals surface area contributed by atoms with E-state index < -0.39 is 48.1 Å². The number of aryl methyl sites for hydroxylation is 1. The van der Waals surface area contributed by atoms with Gasteiger partial charge in [0.05, 0.1) is 33.2 Å². The molecule has 0 spiro atoms. The van der Waals surface area contributed by atoms with Gasteiger partial charge in [0, 0.05) is 11.7 Å². The number of aromatic carboxylic acids is 1. The van der Waals surface area contributed by atoms with Crippen molar-refractivity contribution in [3.63, 3.8) is 0 Å². The molecule has 4 rings (SSSR count). The van der Waals surface area contributed by atoms with Crippen molar-refractivity contribution in [2.45, 2.75) is 58.1 Å². The van der Waals surface area contributed by atoms with Gasteiger partial charge in [0.2, 0.25) is 0 Å². The molecule has 0 fully saturated rings. The fourth-order valence-corrected chi connectivity index (χ4v) is 4.23. The molecule has 0 bridgehead atoms. The number of amides is 1. The third-order valence-electron chi connectivity index (χ3n) is 6.00. The normalized spacial score (nSPS) is 13.0. The second-order valence-electron chi connectivity index (χ2n) is 10.8. The molecule has 0 aliphatic carbocycles. The highest BCUT2D eigenvalue weighted by atomic mass is 35.5. The molecule has 13 nitrogen and oxygen atoms in total. The average molecular weight is 658 g/mol. The Morgan fingerprint density at radius 2 is 1.78 bits per heavy atom. The molecule has 240 valence electrons. The number of halogens is 6. The number of aromatic nitrogens is 7. The number of carbonyl (C=O) groups is 2. The minimum absolute atomic E-state index is 0.000700. The van der Waals surface area contributed by atoms with Gasteiger partial charge in [0.15, 0.2) is 12.0 Å². The van der Waals surface area contributed by atoms with Crippen LogP contribution in [0.25, 0.3) is 5.82 Å². The number of benzene rings is 1. The van der Waals surface area contributed by atoms with Crippen LogP contribution in [0.1, 0.15) is 70.5 Å². The average Bonchev–Trinajstić information content (AvgIpc) is 3.56. The third-order valence-corrected chi connectivity index (χ3v) is 6.29. The summed E-state index contributed by atoms with van der Waals surface area (Å²) in [5.74, 6) is -9.16. The molecule has 1 aromatic carbocycles. The van der Waals surface area contributed by atoms with E-state index in [4.69, 9.17) is 11.6 Å². The molecule has 45 heavy (non-hydrogen) atoms. The van der Waals surface area contributed by atoms with E-state index >= 15 is 0 Å². The number of hydrogen-bond donors (Lipinski definition) is 4. The molecule has 0 aliphatic heterocycles. The number of anilines is 1. The topological polar surface area (TPSA) is 173 Å². The molecule has 0 saturated heterocycles. The number of aliphatic hydroxyl groups excluding tert-OH is 1. The number of hydrogen-bond acceptors (Lipinski definition) is 9. The predicted octanol–water partition coefficient (Wildman–Crippen LogP) is 4.25. The smallest absolute Gasteiger partial charge is 0.461 e. The zero-order valence-corrected chi connectivity index (χ0v) is 24.6. The van der Waals surface area contributed by atoms with Gasteiger partial charge in [-0.25, -0.2) is 14.5 Å². The van der Waals surface area contributed by atoms with Crippen molar-refractivity contribution in [2.75, 3.05) is 5.32 Å². The number of alkyl halides is 5. The first-order valence-corrected chi connectivity index (χ1v) is 13.2. The number of nitrogens with zero attached hydrogens (tertiary/aromatic N) is 7. The summed E-state index contributed by atoms with van der Waals surface area (Å²) in [6.07, 6.45) is -6.29. The number of carboxylic acid groups (broad SMARTS) is 1. The van der Waals surface area contributed by atoms with Crippen molar-refractivity contribution in [1.29, 1.82) is 0 Å². The molecule has 3 aromatic heterocycles. The van der Waals surface area contributed by atoms with Gasteiger partial charge in [-0.2, -0.15) is 31.8 Å². The van der Waals surface area contributed by atoms with Crippen LogP contribution in [0.15, 0.2) is 36.5 Å². The van der Waals surface area contributed by atoms with E-state index in [0.29, 0.717) is 4.80 Å². The molecule has 1 amide bonds. The maximum Gasteiger partial charge on any atom is 0.461 e. The van der Waals surface area contributed by atoms with Gasteiger partial charge in [0.1, 0.15) is 6.54 Å². The van der Waals surface area contributed by atoms with E-state index in [1.165, 1.54) is 37.4 Å². The number of aliphatic hydroxyl groups is 1. The molecule has 1 atom stereocenters. The number of nitrogens with one attached hydrogen (secondary N) is 2. The Bertz CT molecular complexity index is 1750. The van der Waals surface area contributed by atoms with Gasteiger partial charge in [-0.3, -0.25) is 4.79 Å². The summed E-state index contributed by atoms with van der Waals surface area (Å²) < 4.78 is 66.8. The SMILES string of the molecule is Cc1cc(C(=O)O)cc(C(=O)NC(C)(C)C)c1NC(O)c1cc(Cn2nnc(C(F)(F)C(F)(F)F)n2)nn1-c1ncccc1Cl. The minimum Gasteiger partial charge on any atom is -0.478 e. The van der Waals surface area contributed by atoms with Crippen molar-refractivity contribution < 1.29 is 41.8 Å². The fraction of sp³-hybridized carbons (Fsp3) is 0.346. The molecule has 1 unspecified atom stereocenters. The van der Waals surface area contributed by atoms with E-state index in [-0.39, 0.29) is 44.6 Å². The fourth-order valence-electron chi connectivity index (χ4n) is 4.03. The van der Waals surface area contributed by atoms with Crippen LogP contribution in [0.3, 0.4) is 0 Å². The van der Waals surface area contributed by atoms with Crippen molar-refractivity contribution in [2.24, 2.45) is 0 Å². The summed E-state index contributed by atoms with van der Waals surface area (Å²) in [7, 11) is 0. The van der Waals surface area contributed by atoms with E-state index in [9.17, 15) is 41.8 Å². The monoisotopic (exact) mass is 657 g/mol. The van der Waals surface area contributed by atoms with Gasteiger partial charge >= 0.3 is 18.1 Å². The lowest BCUT2D eigenvalue weighted by Gasteiger charge is -2.24. The van der Waals surface area contributed by atoms with Gasteiger partial charge in [-0.15, -0.1) is 10.2 Å². The molecule has 0 aliphatic rings. The van der Waals surface area contributed by atoms with Crippen molar-refractivity contribution in [3.05, 3.63) is 75.5 Å². The summed E-state index contributed by atoms with van der Waals surface area (Å²) in [5, 5.41) is 40.0. The highest BCUT2D eigenvalue weighted by Crippen LogP contribution is 2.42. The highest BCUT2D eigenvalue weighted by molar-refractivity contribution is 6.32. The lowest BCUT2D eigenvalue weighted by molar-refractivity contribution is -0.292. The van der Waals surface area contributed by atoms with Crippen LogP contribution >= 0.6 is 11.6 Å². The third kappa shape index (κ3) is 7.17. The van der Waals surface area contributed by atoms with Crippen molar-refractivity contribution in [3.8, 4) is 5.82 Å². The van der Waals surface area contributed by atoms with E-state index in [0.717, 1.165) is 10.7 Å². The van der Waals surface area contributed by atoms with Crippen molar-refractivity contribution in [1.82, 2.24) is 40.3 Å². The highest BCUT2D eigenvalue weighted by Gasteiger charge is 2.62. The van der Waals surface area contributed by atoms with Crippen LogP contribution in [-0.2, 0) is 12.5 Å². The van der Waals surface area contributed by atoms with Gasteiger partial charge in [-0.1, -0.05) is 11.6 Å². The zero-order chi connectivity index (χ0) is 33.5. The lowest BCUT2D eigenvalue weighted by atomic mass is 10.0. The van der Waals surface area contributed by atoms with E-state index in [1.807, 2.05) is 0 Å². The first kappa shape index (κ1) is 33.2. The summed E-state index contributed by atoms with van der Waals surface area (Å²) in [6, 6.07) is 6.63. The second kappa shape index (κ2) is 12.0. The van der Waals surface area contributed by atoms with Crippen LogP contribution < -0.4 is 10.6 Å². The van der Waals surface area contributed by atoms with Gasteiger partial charge in [-0.05, 0) is 68.8 Å². The Labute approximate surface area is 256 Å². The first-order valence-electron chi connectivity index (χ1n) is 12.9. The first-order chi connectivity index (χ1) is 20.8. The van der Waals surface area contributed by atoms with E-state index in [2.05, 4.69) is 36.1 Å². The molecular weight excluding hydrogens is 633 g/mol. The summed E-state index contributed by atoms with van der Waals surface area (Å²) in [6.45, 7) is 6.10. The number of carbonyl (C=O) groups excluding carboxylic acids is 1. The Balaban J connectivity index is 1.76. The molecular formula is C26H25ClF5N9O4. The number of pyridine rings is 1. The summed E-state index contributed by atoms with van der Waals surface area (Å²) >= 11 is 6.30. The molecule has 19 heteroatoms. The molecule has 0 radical (unpaired) electrons. The van der Waals surface area contributed by atoms with Crippen molar-refractivity contribution >= 4 is 29.2 Å². The number of tetrazole rings is 1. The maximum absolute atomic E-state index is 13.7. The Kier molecular flexibility index (Phi) is 8.85. The lowest BCUT2D eigenvalue weighted by Crippen LogP contribution is -2.41. The molecule has 4 aromatic rings. The Hall–Kier alpha value is -4.71. The van der Waals surface area contributed by atoms with Gasteiger partial charge < -0.3 is 20.8 Å². The van der Waals surface area contributed by atoms with E-state index in [1.54, 1.807) is 20.8 Å². The number of carboxylic acids is 1. The van der Waals surface area contributed by atoms with Crippen LogP contribution in [0, 0.1) is 6.92 Å². The van der Waals surface area contributed by atoms with Crippen LogP contribution in [0.4, 0.5) is 27.6 Å². The Morgan fingerprint density at radius 3 is 2.38 bits per heavy atom. The van der Waals surface area contributed by atoms with Gasteiger partial charge in [0.25, 0.3) is 11.7 Å². The molecule has 4 N–H and O–H groups in total. The standard InChI is InChI=1S/C26H25ClF5N9O4/c1-12-8-13(22(44)45)9-15(20(42)35-24(2,3)4)18(12)34-21(43)17-10-14(37-41(17)19-16(27)6-5-7-33-19)11-40-38-23(36-39-40)25(28,29)26(30,31)32/h5-10,21,34,43H,11H2,1-4H3,(H,35,42)(H,44,45). The largest absolute Gasteiger partial charge is 0.478 e. The Morgan fingerprint density at radius 1 is 1.09 bits per heavy atom. The second-order valence-corrected chi connectivity index (χ2v) is 11.2.